The van der Waals surface area contributed by atoms with E-state index in [9.17, 15) is 4.79 Å². The van der Waals surface area contributed by atoms with Gasteiger partial charge >= 0.3 is 5.95 Å². The number of hydrogen-bond acceptors (Lipinski definition) is 4. The highest BCUT2D eigenvalue weighted by molar-refractivity contribution is 5.95. The van der Waals surface area contributed by atoms with E-state index in [0.717, 1.165) is 11.4 Å². The summed E-state index contributed by atoms with van der Waals surface area (Å²) in [7, 11) is 0. The van der Waals surface area contributed by atoms with E-state index in [1.165, 1.54) is 0 Å². The smallest absolute Gasteiger partial charge is 0.406 e. The number of Topliss-reactive ketones (excluding diaryl/α,β-unsaturated/α-hetero) is 1. The molecule has 108 valence electrons. The lowest BCUT2D eigenvalue weighted by atomic mass is 10.1. The molecule has 1 N–H and O–H groups in total. The summed E-state index contributed by atoms with van der Waals surface area (Å²) in [5.41, 5.74) is 2.31. The molecule has 0 amide bonds. The number of nitriles is 1. The van der Waals surface area contributed by atoms with Gasteiger partial charge in [-0.1, -0.05) is 35.3 Å². The number of benzene rings is 1. The normalized spacial score (nSPS) is 9.38. The average Bonchev–Trinajstić information content (AvgIpc) is 2.43. The van der Waals surface area contributed by atoms with Crippen molar-refractivity contribution in [3.63, 3.8) is 0 Å². The van der Waals surface area contributed by atoms with E-state index in [4.69, 9.17) is 5.26 Å². The summed E-state index contributed by atoms with van der Waals surface area (Å²) < 4.78 is 1.70. The quantitative estimate of drug-likeness (QED) is 0.325. The van der Waals surface area contributed by atoms with E-state index < -0.39 is 0 Å². The third-order valence-electron chi connectivity index (χ3n) is 2.95. The molecule has 0 aliphatic rings. The third kappa shape index (κ3) is 4.10. The van der Waals surface area contributed by atoms with Gasteiger partial charge in [0, 0.05) is 11.6 Å². The van der Waals surface area contributed by atoms with Crippen LogP contribution in [0.5, 0.6) is 0 Å². The third-order valence-corrected chi connectivity index (χ3v) is 2.95. The lowest BCUT2D eigenvalue weighted by Crippen LogP contribution is -3.00. The topological polar surface area (TPSA) is 69.7 Å². The van der Waals surface area contributed by atoms with Crippen molar-refractivity contribution in [1.29, 1.82) is 5.26 Å². The highest BCUT2D eigenvalue weighted by Crippen LogP contribution is 2.05. The Morgan fingerprint density at radius 2 is 2.00 bits per heavy atom. The fourth-order valence-electron chi connectivity index (χ4n) is 2.01. The summed E-state index contributed by atoms with van der Waals surface area (Å²) in [6.07, 6.45) is 1.85. The lowest BCUT2D eigenvalue weighted by Gasteiger charge is -2.07. The van der Waals surface area contributed by atoms with Gasteiger partial charge in [-0.3, -0.25) is 4.79 Å². The van der Waals surface area contributed by atoms with Gasteiger partial charge in [0.05, 0.1) is 5.69 Å². The summed E-state index contributed by atoms with van der Waals surface area (Å²) in [6.45, 7) is 3.88. The molecule has 2 rings (SSSR count). The molecule has 0 aliphatic heterocycles. The molecule has 0 spiro atoms. The zero-order chi connectivity index (χ0) is 14.5. The summed E-state index contributed by atoms with van der Waals surface area (Å²) in [4.78, 5) is 16.5. The van der Waals surface area contributed by atoms with Crippen LogP contribution in [0.15, 0.2) is 36.4 Å². The molecule has 1 aromatic heterocycles. The number of nitrogens with zero attached hydrogens (tertiary/aromatic N) is 3. The van der Waals surface area contributed by atoms with Gasteiger partial charge in [-0.05, 0) is 13.8 Å². The van der Waals surface area contributed by atoms with E-state index in [2.05, 4.69) is 10.3 Å². The number of carbonyl (C=O) groups is 1. The summed E-state index contributed by atoms with van der Waals surface area (Å²) in [5.74, 6) is 0.361. The van der Waals surface area contributed by atoms with Crippen LogP contribution < -0.4 is 26.9 Å². The molecule has 0 radical (unpaired) electrons. The van der Waals surface area contributed by atoms with Crippen LogP contribution in [0.25, 0.3) is 0 Å². The number of aromatic nitrogens is 2. The number of anilines is 1. The average molecular weight is 347 g/mol. The Balaban J connectivity index is 0.00000220. The predicted octanol–water partition coefficient (Wildman–Crippen LogP) is -1.23. The molecule has 1 aromatic carbocycles. The van der Waals surface area contributed by atoms with Crippen molar-refractivity contribution < 1.29 is 26.3 Å². The van der Waals surface area contributed by atoms with Crippen molar-refractivity contribution in [2.24, 2.45) is 0 Å². The Morgan fingerprint density at radius 3 is 2.62 bits per heavy atom. The number of aryl methyl sites for hydroxylation is 2. The van der Waals surface area contributed by atoms with Gasteiger partial charge in [-0.25, -0.2) is 4.57 Å². The van der Waals surface area contributed by atoms with Crippen molar-refractivity contribution in [2.45, 2.75) is 20.4 Å². The lowest BCUT2D eigenvalue weighted by molar-refractivity contribution is -0.677. The van der Waals surface area contributed by atoms with E-state index in [1.54, 1.807) is 16.7 Å². The molecule has 0 fully saturated rings. The molecule has 0 saturated carbocycles. The van der Waals surface area contributed by atoms with E-state index in [-0.39, 0.29) is 29.3 Å². The highest BCUT2D eigenvalue weighted by Gasteiger charge is 2.18. The largest absolute Gasteiger partial charge is 1.00 e. The van der Waals surface area contributed by atoms with Gasteiger partial charge in [0.1, 0.15) is 12.2 Å². The van der Waals surface area contributed by atoms with Gasteiger partial charge in [-0.15, -0.1) is 0 Å². The van der Waals surface area contributed by atoms with Crippen LogP contribution in [-0.2, 0) is 6.54 Å². The Kier molecular flexibility index (Phi) is 6.00. The second kappa shape index (κ2) is 7.50. The molecular weight excluding hydrogens is 332 g/mol. The number of halogens is 1. The molecule has 0 atom stereocenters. The minimum Gasteiger partial charge on any atom is -1.00 e. The molecule has 2 aromatic rings. The van der Waals surface area contributed by atoms with Gasteiger partial charge < -0.3 is 17.0 Å². The van der Waals surface area contributed by atoms with Crippen molar-refractivity contribution in [3.8, 4) is 6.19 Å². The first kappa shape index (κ1) is 16.8. The molecule has 6 heteroatoms. The SMILES string of the molecule is Cc1cc(C)[n+](CC(=O)c2ccccc2)c(NC#N)n1.[Br-]. The number of hydrogen-bond donors (Lipinski definition) is 1. The van der Waals surface area contributed by atoms with Crippen LogP contribution in [0.3, 0.4) is 0 Å². The standard InChI is InChI=1S/C15H14N4O.BrH/c1-11-8-12(2)19(15(18-11)17-10-16)9-14(20)13-6-4-3-5-7-13;/h3-8H,9H2,1-2H3;1H. The van der Waals surface area contributed by atoms with Gasteiger partial charge in [0.2, 0.25) is 0 Å². The van der Waals surface area contributed by atoms with E-state index >= 15 is 0 Å². The first-order valence-electron chi connectivity index (χ1n) is 6.23. The fraction of sp³-hybridized carbons (Fsp3) is 0.200. The highest BCUT2D eigenvalue weighted by atomic mass is 79.9. The monoisotopic (exact) mass is 346 g/mol. The zero-order valence-electron chi connectivity index (χ0n) is 11.8. The van der Waals surface area contributed by atoms with E-state index in [0.29, 0.717) is 11.5 Å². The van der Waals surface area contributed by atoms with Crippen LogP contribution in [0.2, 0.25) is 0 Å². The van der Waals surface area contributed by atoms with Gasteiger partial charge in [0.25, 0.3) is 6.19 Å². The Labute approximate surface area is 134 Å². The first-order chi connectivity index (χ1) is 9.61. The molecule has 0 bridgehead atoms. The minimum atomic E-state index is -0.0228. The van der Waals surface area contributed by atoms with Crippen molar-refractivity contribution in [3.05, 3.63) is 53.3 Å². The Hall–Kier alpha value is -2.26. The van der Waals surface area contributed by atoms with Gasteiger partial charge in [0.15, 0.2) is 5.78 Å². The second-order valence-corrected chi connectivity index (χ2v) is 4.47. The molecule has 0 aliphatic carbocycles. The zero-order valence-corrected chi connectivity index (χ0v) is 13.4. The van der Waals surface area contributed by atoms with Crippen LogP contribution in [0, 0.1) is 25.3 Å². The van der Waals surface area contributed by atoms with Crippen LogP contribution in [0.4, 0.5) is 5.95 Å². The predicted molar refractivity (Wildman–Crippen MR) is 73.9 cm³/mol. The molecule has 5 nitrogen and oxygen atoms in total. The minimum absolute atomic E-state index is 0. The summed E-state index contributed by atoms with van der Waals surface area (Å²) >= 11 is 0. The molecular formula is C15H15BrN4O. The van der Waals surface area contributed by atoms with Crippen molar-refractivity contribution in [1.82, 2.24) is 4.98 Å². The van der Waals surface area contributed by atoms with Crippen LogP contribution >= 0.6 is 0 Å². The van der Waals surface area contributed by atoms with Crippen LogP contribution in [0.1, 0.15) is 21.7 Å². The molecule has 21 heavy (non-hydrogen) atoms. The fourth-order valence-corrected chi connectivity index (χ4v) is 2.01. The number of ketones is 1. The summed E-state index contributed by atoms with van der Waals surface area (Å²) in [6, 6.07) is 10.9. The van der Waals surface area contributed by atoms with Crippen LogP contribution in [-0.4, -0.2) is 10.8 Å². The first-order valence-corrected chi connectivity index (χ1v) is 6.23. The number of carbonyl (C=O) groups excluding carboxylic acids is 1. The second-order valence-electron chi connectivity index (χ2n) is 4.47. The maximum atomic E-state index is 12.2. The number of nitrogens with one attached hydrogen (secondary N) is 1. The Morgan fingerprint density at radius 1 is 1.33 bits per heavy atom. The van der Waals surface area contributed by atoms with Gasteiger partial charge in [-0.2, -0.15) is 10.6 Å². The molecule has 0 saturated heterocycles. The maximum Gasteiger partial charge on any atom is 0.406 e. The molecule has 1 heterocycles. The van der Waals surface area contributed by atoms with E-state index in [1.807, 2.05) is 44.3 Å². The maximum absolute atomic E-state index is 12.2. The van der Waals surface area contributed by atoms with Crippen molar-refractivity contribution in [2.75, 3.05) is 5.32 Å². The van der Waals surface area contributed by atoms with Crippen molar-refractivity contribution >= 4 is 11.7 Å². The number of rotatable bonds is 4. The Bertz CT molecular complexity index is 680. The summed E-state index contributed by atoms with van der Waals surface area (Å²) in [5, 5.41) is 11.3. The molecule has 0 unspecified atom stereocenters.